The standard InChI is InChI=1S/C30H37N3O5S/c1-31-19-21-38-25-15-17-26(18-16-25)39(35,36)33-20-9-14-28(37-2)27(33)22-29(34)32-30(23-10-5-3-6-11-23)24-12-7-4-8-13-24/h3-8,10-13,15-18,27-28,30-31H,9,14,19-22H2,1-2H3,(H,32,34)/t27-,28-/m1/s1. The number of hydrogen-bond acceptors (Lipinski definition) is 6. The van der Waals surface area contributed by atoms with Crippen LogP contribution in [-0.4, -0.2) is 64.6 Å². The van der Waals surface area contributed by atoms with Gasteiger partial charge >= 0.3 is 0 Å². The monoisotopic (exact) mass is 551 g/mol. The number of rotatable bonds is 12. The van der Waals surface area contributed by atoms with E-state index in [1.54, 1.807) is 31.4 Å². The first kappa shape index (κ1) is 28.8. The largest absolute Gasteiger partial charge is 0.492 e. The summed E-state index contributed by atoms with van der Waals surface area (Å²) >= 11 is 0. The van der Waals surface area contributed by atoms with Crippen LogP contribution >= 0.6 is 0 Å². The average molecular weight is 552 g/mol. The molecule has 0 bridgehead atoms. The summed E-state index contributed by atoms with van der Waals surface area (Å²) in [5.41, 5.74) is 1.90. The van der Waals surface area contributed by atoms with Gasteiger partial charge in [0.1, 0.15) is 12.4 Å². The molecule has 2 atom stereocenters. The summed E-state index contributed by atoms with van der Waals surface area (Å²) < 4.78 is 40.3. The average Bonchev–Trinajstić information content (AvgIpc) is 2.97. The second-order valence-corrected chi connectivity index (χ2v) is 11.4. The molecule has 0 saturated carbocycles. The molecule has 1 fully saturated rings. The van der Waals surface area contributed by atoms with E-state index in [1.165, 1.54) is 4.31 Å². The Labute approximate surface area is 231 Å². The number of methoxy groups -OCH3 is 1. The zero-order valence-corrected chi connectivity index (χ0v) is 23.3. The molecular weight excluding hydrogens is 514 g/mol. The Balaban J connectivity index is 1.54. The molecule has 1 heterocycles. The lowest BCUT2D eigenvalue weighted by atomic mass is 9.96. The van der Waals surface area contributed by atoms with E-state index in [-0.39, 0.29) is 23.3 Å². The van der Waals surface area contributed by atoms with Gasteiger partial charge in [-0.15, -0.1) is 0 Å². The van der Waals surface area contributed by atoms with E-state index in [0.717, 1.165) is 11.1 Å². The normalized spacial score (nSPS) is 18.1. The lowest BCUT2D eigenvalue weighted by molar-refractivity contribution is -0.124. The molecule has 3 aromatic rings. The zero-order valence-electron chi connectivity index (χ0n) is 22.5. The van der Waals surface area contributed by atoms with Crippen molar-refractivity contribution in [2.75, 3.05) is 33.9 Å². The maximum Gasteiger partial charge on any atom is 0.243 e. The van der Waals surface area contributed by atoms with E-state index in [4.69, 9.17) is 9.47 Å². The predicted octanol–water partition coefficient (Wildman–Crippen LogP) is 3.75. The molecule has 39 heavy (non-hydrogen) atoms. The van der Waals surface area contributed by atoms with E-state index < -0.39 is 22.2 Å². The van der Waals surface area contributed by atoms with Gasteiger partial charge in [0.2, 0.25) is 15.9 Å². The zero-order chi connectivity index (χ0) is 27.7. The molecule has 1 aliphatic heterocycles. The van der Waals surface area contributed by atoms with Crippen LogP contribution in [0, 0.1) is 0 Å². The Morgan fingerprint density at radius 2 is 1.59 bits per heavy atom. The van der Waals surface area contributed by atoms with Crippen LogP contribution in [0.5, 0.6) is 5.75 Å². The van der Waals surface area contributed by atoms with Gasteiger partial charge in [0.25, 0.3) is 0 Å². The van der Waals surface area contributed by atoms with Gasteiger partial charge in [-0.3, -0.25) is 4.79 Å². The summed E-state index contributed by atoms with van der Waals surface area (Å²) in [5, 5.41) is 6.15. The van der Waals surface area contributed by atoms with E-state index in [0.29, 0.717) is 38.3 Å². The Morgan fingerprint density at radius 1 is 0.974 bits per heavy atom. The Kier molecular flexibility index (Phi) is 10.1. The molecule has 0 spiro atoms. The highest BCUT2D eigenvalue weighted by Gasteiger charge is 2.40. The summed E-state index contributed by atoms with van der Waals surface area (Å²) in [6.07, 6.45) is 0.923. The molecule has 2 N–H and O–H groups in total. The van der Waals surface area contributed by atoms with Gasteiger partial charge in [-0.05, 0) is 55.3 Å². The molecule has 208 valence electrons. The minimum atomic E-state index is -3.87. The second-order valence-electron chi connectivity index (χ2n) is 9.55. The number of nitrogens with zero attached hydrogens (tertiary/aromatic N) is 1. The lowest BCUT2D eigenvalue weighted by Crippen LogP contribution is -2.53. The van der Waals surface area contributed by atoms with Gasteiger partial charge in [-0.2, -0.15) is 4.31 Å². The van der Waals surface area contributed by atoms with Crippen molar-refractivity contribution in [3.05, 3.63) is 96.1 Å². The summed E-state index contributed by atoms with van der Waals surface area (Å²) in [5.74, 6) is 0.358. The first-order valence-electron chi connectivity index (χ1n) is 13.3. The third-order valence-electron chi connectivity index (χ3n) is 6.99. The summed E-state index contributed by atoms with van der Waals surface area (Å²) in [6, 6.07) is 24.9. The Bertz CT molecular complexity index is 1250. The first-order chi connectivity index (χ1) is 18.9. The summed E-state index contributed by atoms with van der Waals surface area (Å²) in [6.45, 7) is 1.49. The molecule has 4 rings (SSSR count). The molecule has 8 nitrogen and oxygen atoms in total. The van der Waals surface area contributed by atoms with Gasteiger partial charge in [-0.1, -0.05) is 60.7 Å². The molecule has 1 amide bonds. The Hall–Kier alpha value is -3.24. The maximum absolute atomic E-state index is 13.8. The molecule has 0 aliphatic carbocycles. The number of likely N-dealkylation sites (N-methyl/N-ethyl adjacent to an activating group) is 1. The van der Waals surface area contributed by atoms with Crippen molar-refractivity contribution in [1.82, 2.24) is 14.9 Å². The van der Waals surface area contributed by atoms with Crippen LogP contribution in [0.1, 0.15) is 36.4 Å². The van der Waals surface area contributed by atoms with Crippen LogP contribution in [0.4, 0.5) is 0 Å². The molecule has 0 radical (unpaired) electrons. The third kappa shape index (κ3) is 7.24. The lowest BCUT2D eigenvalue weighted by Gasteiger charge is -2.39. The topological polar surface area (TPSA) is 97.0 Å². The molecule has 1 aliphatic rings. The van der Waals surface area contributed by atoms with Crippen molar-refractivity contribution in [2.24, 2.45) is 0 Å². The van der Waals surface area contributed by atoms with Crippen LogP contribution in [0.15, 0.2) is 89.8 Å². The number of ether oxygens (including phenoxy) is 2. The number of amides is 1. The smallest absolute Gasteiger partial charge is 0.243 e. The van der Waals surface area contributed by atoms with Crippen LogP contribution < -0.4 is 15.4 Å². The maximum atomic E-state index is 13.8. The van der Waals surface area contributed by atoms with Crippen molar-refractivity contribution >= 4 is 15.9 Å². The fourth-order valence-electron chi connectivity index (χ4n) is 4.97. The van der Waals surface area contributed by atoms with Crippen molar-refractivity contribution in [3.8, 4) is 5.75 Å². The van der Waals surface area contributed by atoms with E-state index in [2.05, 4.69) is 10.6 Å². The summed E-state index contributed by atoms with van der Waals surface area (Å²) in [7, 11) is -0.462. The van der Waals surface area contributed by atoms with Crippen molar-refractivity contribution < 1.29 is 22.7 Å². The quantitative estimate of drug-likeness (QED) is 0.333. The first-order valence-corrected chi connectivity index (χ1v) is 14.7. The molecule has 0 unspecified atom stereocenters. The van der Waals surface area contributed by atoms with Crippen LogP contribution in [0.3, 0.4) is 0 Å². The second kappa shape index (κ2) is 13.7. The number of sulfonamides is 1. The number of carbonyl (C=O) groups excluding carboxylic acids is 1. The Morgan fingerprint density at radius 3 is 2.15 bits per heavy atom. The number of hydrogen-bond donors (Lipinski definition) is 2. The highest BCUT2D eigenvalue weighted by atomic mass is 32.2. The highest BCUT2D eigenvalue weighted by Crippen LogP contribution is 2.30. The fraction of sp³-hybridized carbons (Fsp3) is 0.367. The minimum absolute atomic E-state index is 0.0148. The van der Waals surface area contributed by atoms with Gasteiger partial charge in [-0.25, -0.2) is 8.42 Å². The van der Waals surface area contributed by atoms with E-state index in [1.807, 2.05) is 67.7 Å². The van der Waals surface area contributed by atoms with E-state index in [9.17, 15) is 13.2 Å². The number of benzene rings is 3. The molecule has 1 saturated heterocycles. The molecular formula is C30H37N3O5S. The van der Waals surface area contributed by atoms with E-state index >= 15 is 0 Å². The van der Waals surface area contributed by atoms with Gasteiger partial charge in [0.05, 0.1) is 23.1 Å². The third-order valence-corrected chi connectivity index (χ3v) is 8.92. The van der Waals surface area contributed by atoms with Gasteiger partial charge in [0.15, 0.2) is 0 Å². The predicted molar refractivity (Wildman–Crippen MR) is 151 cm³/mol. The SMILES string of the molecule is CNCCOc1ccc(S(=O)(=O)N2CCC[C@@H](OC)[C@H]2CC(=O)NC(c2ccccc2)c2ccccc2)cc1. The van der Waals surface area contributed by atoms with Gasteiger partial charge in [0, 0.05) is 26.6 Å². The van der Waals surface area contributed by atoms with Crippen molar-refractivity contribution in [2.45, 2.75) is 42.3 Å². The molecule has 9 heteroatoms. The minimum Gasteiger partial charge on any atom is -0.492 e. The van der Waals surface area contributed by atoms with Crippen LogP contribution in [0.25, 0.3) is 0 Å². The van der Waals surface area contributed by atoms with Crippen molar-refractivity contribution in [1.29, 1.82) is 0 Å². The van der Waals surface area contributed by atoms with Gasteiger partial charge < -0.3 is 20.1 Å². The number of piperidine rings is 1. The summed E-state index contributed by atoms with van der Waals surface area (Å²) in [4.78, 5) is 13.7. The number of carbonyl (C=O) groups is 1. The molecule has 3 aromatic carbocycles. The van der Waals surface area contributed by atoms with Crippen LogP contribution in [0.2, 0.25) is 0 Å². The van der Waals surface area contributed by atoms with Crippen LogP contribution in [-0.2, 0) is 19.6 Å². The molecule has 0 aromatic heterocycles. The van der Waals surface area contributed by atoms with Crippen molar-refractivity contribution in [3.63, 3.8) is 0 Å². The fourth-order valence-corrected chi connectivity index (χ4v) is 6.66. The number of nitrogens with one attached hydrogen (secondary N) is 2. The highest BCUT2D eigenvalue weighted by molar-refractivity contribution is 7.89.